The van der Waals surface area contributed by atoms with Crippen LogP contribution in [0.15, 0.2) is 18.5 Å². The Kier molecular flexibility index (Phi) is 3.38. The number of nitrogens with one attached hydrogen (secondary N) is 1. The number of amides is 1. The van der Waals surface area contributed by atoms with Gasteiger partial charge in [0.2, 0.25) is 0 Å². The normalized spacial score (nSPS) is 11.9. The van der Waals surface area contributed by atoms with E-state index in [0.717, 1.165) is 0 Å². The van der Waals surface area contributed by atoms with E-state index < -0.39 is 11.9 Å². The minimum atomic E-state index is -0.565. The number of hydrogen-bond acceptors (Lipinski definition) is 4. The monoisotopic (exact) mass is 208 g/mol. The molecular weight excluding hydrogens is 196 g/mol. The number of pyridine rings is 1. The van der Waals surface area contributed by atoms with Crippen molar-refractivity contribution in [3.63, 3.8) is 0 Å². The fraction of sp³-hybridized carbons (Fsp3) is 0.300. The zero-order valence-electron chi connectivity index (χ0n) is 8.52. The molecule has 0 saturated carbocycles. The lowest BCUT2D eigenvalue weighted by atomic mass is 10.2. The maximum Gasteiger partial charge on any atom is 0.255 e. The summed E-state index contributed by atoms with van der Waals surface area (Å²) in [6, 6.07) is 0.822. The van der Waals surface area contributed by atoms with Gasteiger partial charge in [0.1, 0.15) is 5.75 Å². The molecule has 0 radical (unpaired) electrons. The van der Waals surface area contributed by atoms with E-state index in [1.54, 1.807) is 6.92 Å². The predicted octanol–water partition coefficient (Wildman–Crippen LogP) is 0.495. The van der Waals surface area contributed by atoms with Gasteiger partial charge < -0.3 is 10.4 Å². The molecular formula is C10H12N2O3. The Morgan fingerprint density at radius 1 is 1.53 bits per heavy atom. The molecule has 1 amide bonds. The second-order valence-corrected chi connectivity index (χ2v) is 3.20. The van der Waals surface area contributed by atoms with E-state index in [4.69, 9.17) is 0 Å². The quantitative estimate of drug-likeness (QED) is 0.757. The van der Waals surface area contributed by atoms with Crippen LogP contribution in [-0.2, 0) is 4.79 Å². The van der Waals surface area contributed by atoms with E-state index in [9.17, 15) is 14.7 Å². The van der Waals surface area contributed by atoms with Gasteiger partial charge in [0, 0.05) is 6.20 Å². The summed E-state index contributed by atoms with van der Waals surface area (Å²) in [7, 11) is 0. The highest BCUT2D eigenvalue weighted by molar-refractivity contribution is 5.99. The number of aromatic hydroxyl groups is 1. The molecule has 0 aliphatic carbocycles. The second-order valence-electron chi connectivity index (χ2n) is 3.20. The smallest absolute Gasteiger partial charge is 0.255 e. The Bertz CT molecular complexity index is 390. The lowest BCUT2D eigenvalue weighted by Crippen LogP contribution is -2.37. The lowest BCUT2D eigenvalue weighted by Gasteiger charge is -2.10. The number of hydrogen-bond donors (Lipinski definition) is 2. The van der Waals surface area contributed by atoms with Gasteiger partial charge in [-0.15, -0.1) is 0 Å². The molecule has 0 bridgehead atoms. The molecule has 0 aliphatic rings. The third-order valence-corrected chi connectivity index (χ3v) is 2.00. The van der Waals surface area contributed by atoms with Crippen molar-refractivity contribution in [1.82, 2.24) is 10.3 Å². The summed E-state index contributed by atoms with van der Waals surface area (Å²) in [5.41, 5.74) is 0.109. The van der Waals surface area contributed by atoms with Crippen molar-refractivity contribution < 1.29 is 14.7 Å². The Hall–Kier alpha value is -1.91. The van der Waals surface area contributed by atoms with E-state index in [1.807, 2.05) is 0 Å². The van der Waals surface area contributed by atoms with E-state index in [2.05, 4.69) is 10.3 Å². The van der Waals surface area contributed by atoms with Gasteiger partial charge in [-0.25, -0.2) is 0 Å². The highest BCUT2D eigenvalue weighted by Gasteiger charge is 2.15. The van der Waals surface area contributed by atoms with Crippen LogP contribution in [0.2, 0.25) is 0 Å². The summed E-state index contributed by atoms with van der Waals surface area (Å²) in [6.45, 7) is 2.97. The van der Waals surface area contributed by atoms with Gasteiger partial charge in [-0.05, 0) is 19.9 Å². The fourth-order valence-corrected chi connectivity index (χ4v) is 0.954. The zero-order chi connectivity index (χ0) is 11.4. The molecule has 80 valence electrons. The zero-order valence-corrected chi connectivity index (χ0v) is 8.52. The minimum absolute atomic E-state index is 0.109. The highest BCUT2D eigenvalue weighted by Crippen LogP contribution is 2.13. The van der Waals surface area contributed by atoms with Crippen LogP contribution in [-0.4, -0.2) is 27.8 Å². The molecule has 1 unspecified atom stereocenters. The van der Waals surface area contributed by atoms with E-state index >= 15 is 0 Å². The van der Waals surface area contributed by atoms with Crippen LogP contribution >= 0.6 is 0 Å². The van der Waals surface area contributed by atoms with Crippen LogP contribution in [0.4, 0.5) is 0 Å². The maximum absolute atomic E-state index is 11.5. The third kappa shape index (κ3) is 2.77. The molecule has 1 rings (SSSR count). The van der Waals surface area contributed by atoms with Crippen LogP contribution in [0.3, 0.4) is 0 Å². The fourth-order valence-electron chi connectivity index (χ4n) is 0.954. The molecule has 5 nitrogen and oxygen atoms in total. The Morgan fingerprint density at radius 2 is 2.20 bits per heavy atom. The number of Topliss-reactive ketones (excluding diaryl/α,β-unsaturated/α-hetero) is 1. The van der Waals surface area contributed by atoms with Gasteiger partial charge in [0.05, 0.1) is 17.8 Å². The lowest BCUT2D eigenvalue weighted by molar-refractivity contribution is -0.118. The topological polar surface area (TPSA) is 79.3 Å². The molecule has 0 aliphatic heterocycles. The number of carbonyl (C=O) groups excluding carboxylic acids is 2. The summed E-state index contributed by atoms with van der Waals surface area (Å²) in [4.78, 5) is 26.1. The molecule has 1 aromatic heterocycles. The largest absolute Gasteiger partial charge is 0.505 e. The van der Waals surface area contributed by atoms with Gasteiger partial charge in [-0.1, -0.05) is 0 Å². The third-order valence-electron chi connectivity index (χ3n) is 2.00. The number of aromatic nitrogens is 1. The molecule has 2 N–H and O–H groups in total. The predicted molar refractivity (Wildman–Crippen MR) is 53.5 cm³/mol. The van der Waals surface area contributed by atoms with Gasteiger partial charge in [-0.2, -0.15) is 0 Å². The number of rotatable bonds is 3. The second kappa shape index (κ2) is 4.54. The van der Waals surface area contributed by atoms with Crippen molar-refractivity contribution in [3.05, 3.63) is 24.0 Å². The molecule has 1 heterocycles. The van der Waals surface area contributed by atoms with Gasteiger partial charge in [-0.3, -0.25) is 14.6 Å². The summed E-state index contributed by atoms with van der Waals surface area (Å²) in [5, 5.41) is 11.8. The summed E-state index contributed by atoms with van der Waals surface area (Å²) < 4.78 is 0. The first-order chi connectivity index (χ1) is 7.02. The first kappa shape index (κ1) is 11.2. The van der Waals surface area contributed by atoms with Crippen molar-refractivity contribution >= 4 is 11.7 Å². The van der Waals surface area contributed by atoms with E-state index in [-0.39, 0.29) is 17.1 Å². The Balaban J connectivity index is 2.78. The summed E-state index contributed by atoms with van der Waals surface area (Å²) in [5.74, 6) is -0.833. The molecule has 0 saturated heterocycles. The van der Waals surface area contributed by atoms with E-state index in [1.165, 1.54) is 25.4 Å². The first-order valence-corrected chi connectivity index (χ1v) is 4.46. The van der Waals surface area contributed by atoms with Crippen LogP contribution in [0.1, 0.15) is 24.2 Å². The van der Waals surface area contributed by atoms with Gasteiger partial charge in [0.15, 0.2) is 5.78 Å². The SMILES string of the molecule is CC(=O)C(C)NC(=O)c1ccncc1O. The number of carbonyl (C=O) groups is 2. The number of ketones is 1. The average molecular weight is 208 g/mol. The van der Waals surface area contributed by atoms with Crippen LogP contribution in [0.25, 0.3) is 0 Å². The molecule has 0 aromatic carbocycles. The Labute approximate surface area is 87.1 Å². The molecule has 0 fully saturated rings. The minimum Gasteiger partial charge on any atom is -0.505 e. The molecule has 1 aromatic rings. The number of nitrogens with zero attached hydrogens (tertiary/aromatic N) is 1. The van der Waals surface area contributed by atoms with Crippen molar-refractivity contribution in [2.45, 2.75) is 19.9 Å². The summed E-state index contributed by atoms with van der Waals surface area (Å²) in [6.07, 6.45) is 2.57. The van der Waals surface area contributed by atoms with Crippen molar-refractivity contribution in [2.75, 3.05) is 0 Å². The van der Waals surface area contributed by atoms with Crippen LogP contribution in [0.5, 0.6) is 5.75 Å². The standard InChI is InChI=1S/C10H12N2O3/c1-6(7(2)13)12-10(15)8-3-4-11-5-9(8)14/h3-6,14H,1-2H3,(H,12,15). The van der Waals surface area contributed by atoms with Crippen molar-refractivity contribution in [2.24, 2.45) is 0 Å². The van der Waals surface area contributed by atoms with Crippen molar-refractivity contribution in [3.8, 4) is 5.75 Å². The molecule has 1 atom stereocenters. The van der Waals surface area contributed by atoms with Gasteiger partial charge in [0.25, 0.3) is 5.91 Å². The summed E-state index contributed by atoms with van der Waals surface area (Å²) >= 11 is 0. The maximum atomic E-state index is 11.5. The molecule has 15 heavy (non-hydrogen) atoms. The van der Waals surface area contributed by atoms with Crippen LogP contribution < -0.4 is 5.32 Å². The molecule has 0 spiro atoms. The first-order valence-electron chi connectivity index (χ1n) is 4.46. The van der Waals surface area contributed by atoms with E-state index in [0.29, 0.717) is 0 Å². The molecule has 5 heteroatoms. The van der Waals surface area contributed by atoms with Crippen LogP contribution in [0, 0.1) is 0 Å². The van der Waals surface area contributed by atoms with Crippen molar-refractivity contribution in [1.29, 1.82) is 0 Å². The Morgan fingerprint density at radius 3 is 2.73 bits per heavy atom. The highest BCUT2D eigenvalue weighted by atomic mass is 16.3. The van der Waals surface area contributed by atoms with Gasteiger partial charge >= 0.3 is 0 Å². The average Bonchev–Trinajstić information content (AvgIpc) is 2.18.